The van der Waals surface area contributed by atoms with Crippen LogP contribution in [0.15, 0.2) is 0 Å². The molecule has 0 heterocycles. The molecule has 92 valence electrons. The molecule has 0 bridgehead atoms. The molecule has 0 unspecified atom stereocenters. The fourth-order valence-electron chi connectivity index (χ4n) is 1.74. The van der Waals surface area contributed by atoms with Gasteiger partial charge < -0.3 is 10.2 Å². The van der Waals surface area contributed by atoms with Gasteiger partial charge in [-0.25, -0.2) is 0 Å². The maximum atomic E-state index is 3.50. The molecule has 15 heavy (non-hydrogen) atoms. The third-order valence-corrected chi connectivity index (χ3v) is 2.48. The fraction of sp³-hybridized carbons (Fsp3) is 1.00. The van der Waals surface area contributed by atoms with E-state index in [4.69, 9.17) is 0 Å². The first-order valence-corrected chi connectivity index (χ1v) is 6.41. The van der Waals surface area contributed by atoms with Gasteiger partial charge in [0, 0.05) is 19.6 Å². The number of hydrogen-bond acceptors (Lipinski definition) is 2. The van der Waals surface area contributed by atoms with Crippen molar-refractivity contribution in [2.75, 3.05) is 33.2 Å². The van der Waals surface area contributed by atoms with E-state index in [1.165, 1.54) is 32.5 Å². The van der Waals surface area contributed by atoms with Crippen LogP contribution in [0.25, 0.3) is 0 Å². The Morgan fingerprint density at radius 1 is 1.00 bits per heavy atom. The van der Waals surface area contributed by atoms with Crippen LogP contribution in [-0.4, -0.2) is 38.1 Å². The standard InChI is InChI=1S/C13H30N2/c1-12(2)7-6-8-14-9-10-15(5)11-13(3)4/h12-14H,6-11H2,1-5H3. The molecule has 0 atom stereocenters. The van der Waals surface area contributed by atoms with Gasteiger partial charge in [0.05, 0.1) is 0 Å². The lowest BCUT2D eigenvalue weighted by Gasteiger charge is -2.19. The number of likely N-dealkylation sites (N-methyl/N-ethyl adjacent to an activating group) is 1. The molecule has 0 aliphatic heterocycles. The average Bonchev–Trinajstić information content (AvgIpc) is 2.09. The minimum atomic E-state index is 0.774. The van der Waals surface area contributed by atoms with Crippen molar-refractivity contribution in [3.05, 3.63) is 0 Å². The number of rotatable bonds is 9. The van der Waals surface area contributed by atoms with Gasteiger partial charge in [-0.1, -0.05) is 27.7 Å². The molecule has 0 fully saturated rings. The van der Waals surface area contributed by atoms with Crippen LogP contribution >= 0.6 is 0 Å². The highest BCUT2D eigenvalue weighted by Crippen LogP contribution is 2.01. The summed E-state index contributed by atoms with van der Waals surface area (Å²) in [6.07, 6.45) is 2.65. The summed E-state index contributed by atoms with van der Waals surface area (Å²) in [7, 11) is 2.20. The van der Waals surface area contributed by atoms with E-state index in [0.29, 0.717) is 0 Å². The first-order chi connectivity index (χ1) is 7.02. The summed E-state index contributed by atoms with van der Waals surface area (Å²) in [5.74, 6) is 1.62. The zero-order valence-electron chi connectivity index (χ0n) is 11.3. The Hall–Kier alpha value is -0.0800. The summed E-state index contributed by atoms with van der Waals surface area (Å²) in [5.41, 5.74) is 0. The van der Waals surface area contributed by atoms with Crippen LogP contribution in [0.3, 0.4) is 0 Å². The molecule has 2 nitrogen and oxygen atoms in total. The zero-order chi connectivity index (χ0) is 11.7. The fourth-order valence-corrected chi connectivity index (χ4v) is 1.74. The topological polar surface area (TPSA) is 15.3 Å². The molecule has 0 rings (SSSR count). The van der Waals surface area contributed by atoms with Crippen molar-refractivity contribution in [1.29, 1.82) is 0 Å². The second-order valence-electron chi connectivity index (χ2n) is 5.44. The molecule has 0 aromatic carbocycles. The van der Waals surface area contributed by atoms with Crippen molar-refractivity contribution in [2.24, 2.45) is 11.8 Å². The summed E-state index contributed by atoms with van der Waals surface area (Å²) in [6.45, 7) is 13.8. The lowest BCUT2D eigenvalue weighted by molar-refractivity contribution is 0.294. The van der Waals surface area contributed by atoms with Gasteiger partial charge in [0.2, 0.25) is 0 Å². The van der Waals surface area contributed by atoms with Crippen LogP contribution in [-0.2, 0) is 0 Å². The van der Waals surface area contributed by atoms with Gasteiger partial charge >= 0.3 is 0 Å². The summed E-state index contributed by atoms with van der Waals surface area (Å²) in [4.78, 5) is 2.40. The van der Waals surface area contributed by atoms with Crippen molar-refractivity contribution < 1.29 is 0 Å². The van der Waals surface area contributed by atoms with Crippen molar-refractivity contribution in [3.63, 3.8) is 0 Å². The van der Waals surface area contributed by atoms with Crippen LogP contribution < -0.4 is 5.32 Å². The molecule has 0 radical (unpaired) electrons. The third kappa shape index (κ3) is 11.8. The first kappa shape index (κ1) is 14.9. The monoisotopic (exact) mass is 214 g/mol. The van der Waals surface area contributed by atoms with Crippen LogP contribution in [0.5, 0.6) is 0 Å². The number of nitrogens with one attached hydrogen (secondary N) is 1. The highest BCUT2D eigenvalue weighted by atomic mass is 15.1. The van der Waals surface area contributed by atoms with Gasteiger partial charge in [-0.2, -0.15) is 0 Å². The van der Waals surface area contributed by atoms with Gasteiger partial charge in [-0.05, 0) is 38.3 Å². The highest BCUT2D eigenvalue weighted by molar-refractivity contribution is 4.57. The second kappa shape index (κ2) is 9.17. The smallest absolute Gasteiger partial charge is 0.0104 e. The Kier molecular flexibility index (Phi) is 9.12. The summed E-state index contributed by atoms with van der Waals surface area (Å²) < 4.78 is 0. The number of nitrogens with zero attached hydrogens (tertiary/aromatic N) is 1. The Morgan fingerprint density at radius 3 is 2.20 bits per heavy atom. The van der Waals surface area contributed by atoms with E-state index in [9.17, 15) is 0 Å². The highest BCUT2D eigenvalue weighted by Gasteiger charge is 2.00. The summed E-state index contributed by atoms with van der Waals surface area (Å²) in [5, 5.41) is 3.50. The third-order valence-electron chi connectivity index (χ3n) is 2.48. The molecule has 0 amide bonds. The molecule has 0 aliphatic rings. The predicted octanol–water partition coefficient (Wildman–Crippen LogP) is 2.60. The Balaban J connectivity index is 3.16. The van der Waals surface area contributed by atoms with Crippen molar-refractivity contribution in [1.82, 2.24) is 10.2 Å². The molecule has 0 saturated heterocycles. The van der Waals surface area contributed by atoms with Crippen LogP contribution in [0.1, 0.15) is 40.5 Å². The molecule has 1 N–H and O–H groups in total. The van der Waals surface area contributed by atoms with Crippen molar-refractivity contribution >= 4 is 0 Å². The average molecular weight is 214 g/mol. The molecular formula is C13H30N2. The zero-order valence-corrected chi connectivity index (χ0v) is 11.3. The number of hydrogen-bond donors (Lipinski definition) is 1. The largest absolute Gasteiger partial charge is 0.315 e. The lowest BCUT2D eigenvalue weighted by atomic mass is 10.1. The summed E-state index contributed by atoms with van der Waals surface area (Å²) >= 11 is 0. The van der Waals surface area contributed by atoms with Crippen molar-refractivity contribution in [3.8, 4) is 0 Å². The van der Waals surface area contributed by atoms with Crippen molar-refractivity contribution in [2.45, 2.75) is 40.5 Å². The SMILES string of the molecule is CC(C)CCCNCCN(C)CC(C)C. The van der Waals surface area contributed by atoms with Gasteiger partial charge in [0.25, 0.3) is 0 Å². The van der Waals surface area contributed by atoms with Crippen LogP contribution in [0.2, 0.25) is 0 Å². The van der Waals surface area contributed by atoms with E-state index < -0.39 is 0 Å². The molecule has 0 aliphatic carbocycles. The Morgan fingerprint density at radius 2 is 1.67 bits per heavy atom. The molecule has 0 aromatic rings. The van der Waals surface area contributed by atoms with E-state index >= 15 is 0 Å². The van der Waals surface area contributed by atoms with Gasteiger partial charge in [0.15, 0.2) is 0 Å². The Bertz CT molecular complexity index is 132. The van der Waals surface area contributed by atoms with E-state index in [-0.39, 0.29) is 0 Å². The normalized spacial score (nSPS) is 12.0. The molecule has 2 heteroatoms. The molecular weight excluding hydrogens is 184 g/mol. The second-order valence-corrected chi connectivity index (χ2v) is 5.44. The molecule has 0 aromatic heterocycles. The van der Waals surface area contributed by atoms with Gasteiger partial charge in [-0.15, -0.1) is 0 Å². The predicted molar refractivity (Wildman–Crippen MR) is 69.3 cm³/mol. The minimum absolute atomic E-state index is 0.774. The van der Waals surface area contributed by atoms with E-state index in [0.717, 1.165) is 18.4 Å². The van der Waals surface area contributed by atoms with Gasteiger partial charge in [-0.3, -0.25) is 0 Å². The van der Waals surface area contributed by atoms with Gasteiger partial charge in [0.1, 0.15) is 0 Å². The maximum Gasteiger partial charge on any atom is 0.0104 e. The van der Waals surface area contributed by atoms with E-state index in [2.05, 4.69) is 45.0 Å². The van der Waals surface area contributed by atoms with Crippen LogP contribution in [0, 0.1) is 11.8 Å². The molecule has 0 spiro atoms. The van der Waals surface area contributed by atoms with E-state index in [1.807, 2.05) is 0 Å². The first-order valence-electron chi connectivity index (χ1n) is 6.41. The Labute approximate surface area is 96.4 Å². The summed E-state index contributed by atoms with van der Waals surface area (Å²) in [6, 6.07) is 0. The van der Waals surface area contributed by atoms with Crippen LogP contribution in [0.4, 0.5) is 0 Å². The maximum absolute atomic E-state index is 3.50. The quantitative estimate of drug-likeness (QED) is 0.594. The van der Waals surface area contributed by atoms with E-state index in [1.54, 1.807) is 0 Å². The molecule has 0 saturated carbocycles. The lowest BCUT2D eigenvalue weighted by Crippen LogP contribution is -2.32. The minimum Gasteiger partial charge on any atom is -0.315 e.